The van der Waals surface area contributed by atoms with Crippen LogP contribution < -0.4 is 10.1 Å². The topological polar surface area (TPSA) is 98.6 Å². The van der Waals surface area contributed by atoms with Gasteiger partial charge in [-0.25, -0.2) is 9.97 Å². The van der Waals surface area contributed by atoms with Gasteiger partial charge in [0, 0.05) is 23.3 Å². The number of nitrogens with one attached hydrogen (secondary N) is 1. The maximum Gasteiger partial charge on any atom is 0.159 e. The number of hydrogen-bond acceptors (Lipinski definition) is 8. The molecule has 8 heteroatoms. The lowest BCUT2D eigenvalue weighted by atomic mass is 10.1. The molecule has 0 aliphatic rings. The van der Waals surface area contributed by atoms with E-state index in [9.17, 15) is 0 Å². The Morgan fingerprint density at radius 3 is 2.45 bits per heavy atom. The van der Waals surface area contributed by atoms with E-state index >= 15 is 0 Å². The van der Waals surface area contributed by atoms with Gasteiger partial charge in [0.2, 0.25) is 0 Å². The molecule has 8 nitrogen and oxygen atoms in total. The highest BCUT2D eigenvalue weighted by Gasteiger charge is 2.15. The van der Waals surface area contributed by atoms with Crippen molar-refractivity contribution in [3.05, 3.63) is 59.8 Å². The third-order valence-electron chi connectivity index (χ3n) is 4.60. The highest BCUT2D eigenvalue weighted by atomic mass is 16.5. The largest absolute Gasteiger partial charge is 0.494 e. The number of aromatic nitrogens is 6. The molecule has 0 saturated heterocycles. The zero-order chi connectivity index (χ0) is 20.4. The van der Waals surface area contributed by atoms with Gasteiger partial charge in [-0.15, -0.1) is 5.10 Å². The van der Waals surface area contributed by atoms with Gasteiger partial charge in [0.15, 0.2) is 5.82 Å². The smallest absolute Gasteiger partial charge is 0.159 e. The number of ether oxygens (including phenoxy) is 1. The molecule has 0 radical (unpaired) electrons. The standard InChI is InChI=1S/C21H21N7O/c1-12-9-22-21(23-10-12)15-7-16-18(11-24-28-20(16)19(8-15)29-4)25-14(3)17-6-5-13(2)26-27-17/h5-11,14H,1-4H3,(H,25,28)/t14-/m1/s1. The molecule has 3 heterocycles. The second kappa shape index (κ2) is 7.75. The van der Waals surface area contributed by atoms with Gasteiger partial charge >= 0.3 is 0 Å². The molecule has 29 heavy (non-hydrogen) atoms. The van der Waals surface area contributed by atoms with E-state index in [1.165, 1.54) is 0 Å². The van der Waals surface area contributed by atoms with E-state index < -0.39 is 0 Å². The van der Waals surface area contributed by atoms with Gasteiger partial charge in [0.05, 0.1) is 36.4 Å². The Hall–Kier alpha value is -3.68. The molecule has 4 rings (SSSR count). The molecule has 3 aromatic heterocycles. The first-order valence-electron chi connectivity index (χ1n) is 9.24. The Bertz CT molecular complexity index is 1140. The Labute approximate surface area is 168 Å². The van der Waals surface area contributed by atoms with Crippen LogP contribution in [0.15, 0.2) is 42.9 Å². The van der Waals surface area contributed by atoms with Crippen molar-refractivity contribution in [2.45, 2.75) is 26.8 Å². The van der Waals surface area contributed by atoms with Gasteiger partial charge in [-0.1, -0.05) is 0 Å². The zero-order valence-electron chi connectivity index (χ0n) is 16.7. The molecule has 4 aromatic rings. The van der Waals surface area contributed by atoms with Gasteiger partial charge < -0.3 is 10.1 Å². The number of rotatable bonds is 5. The number of hydrogen-bond donors (Lipinski definition) is 1. The summed E-state index contributed by atoms with van der Waals surface area (Å²) in [5, 5.41) is 21.1. The van der Waals surface area contributed by atoms with Crippen molar-refractivity contribution in [1.29, 1.82) is 0 Å². The van der Waals surface area contributed by atoms with Crippen LogP contribution in [0.3, 0.4) is 0 Å². The maximum absolute atomic E-state index is 5.56. The second-order valence-electron chi connectivity index (χ2n) is 6.88. The van der Waals surface area contributed by atoms with Crippen molar-refractivity contribution in [3.8, 4) is 17.1 Å². The zero-order valence-corrected chi connectivity index (χ0v) is 16.7. The van der Waals surface area contributed by atoms with Gasteiger partial charge in [0.25, 0.3) is 0 Å². The summed E-state index contributed by atoms with van der Waals surface area (Å²) in [6.45, 7) is 5.89. The first kappa shape index (κ1) is 18.7. The van der Waals surface area contributed by atoms with Crippen LogP contribution in [0.1, 0.15) is 29.9 Å². The number of anilines is 1. The molecular formula is C21H21N7O. The second-order valence-corrected chi connectivity index (χ2v) is 6.88. The number of fused-ring (bicyclic) bond motifs is 1. The molecule has 1 atom stereocenters. The minimum Gasteiger partial charge on any atom is -0.494 e. The summed E-state index contributed by atoms with van der Waals surface area (Å²) in [6, 6.07) is 7.70. The monoisotopic (exact) mass is 387 g/mol. The van der Waals surface area contributed by atoms with Crippen LogP contribution in [0.5, 0.6) is 5.75 Å². The predicted molar refractivity (Wildman–Crippen MR) is 111 cm³/mol. The highest BCUT2D eigenvalue weighted by molar-refractivity contribution is 5.97. The van der Waals surface area contributed by atoms with Crippen LogP contribution >= 0.6 is 0 Å². The normalized spacial score (nSPS) is 12.0. The minimum atomic E-state index is -0.0687. The molecule has 1 N–H and O–H groups in total. The summed E-state index contributed by atoms with van der Waals surface area (Å²) in [6.07, 6.45) is 5.28. The van der Waals surface area contributed by atoms with Gasteiger partial charge in [-0.2, -0.15) is 15.3 Å². The van der Waals surface area contributed by atoms with Crippen molar-refractivity contribution in [1.82, 2.24) is 30.4 Å². The first-order valence-corrected chi connectivity index (χ1v) is 9.24. The van der Waals surface area contributed by atoms with E-state index in [-0.39, 0.29) is 6.04 Å². The summed E-state index contributed by atoms with van der Waals surface area (Å²) in [5.74, 6) is 1.23. The SMILES string of the molecule is COc1cc(-c2ncc(C)cn2)cc2c(N[C@H](C)c3ccc(C)nn3)cnnc12. The summed E-state index contributed by atoms with van der Waals surface area (Å²) < 4.78 is 5.56. The van der Waals surface area contributed by atoms with Crippen LogP contribution in [0.25, 0.3) is 22.3 Å². The van der Waals surface area contributed by atoms with Crippen molar-refractivity contribution in [2.24, 2.45) is 0 Å². The third-order valence-corrected chi connectivity index (χ3v) is 4.60. The molecule has 0 bridgehead atoms. The molecule has 0 aliphatic heterocycles. The summed E-state index contributed by atoms with van der Waals surface area (Å²) >= 11 is 0. The Kier molecular flexibility index (Phi) is 4.99. The van der Waals surface area contributed by atoms with Crippen molar-refractivity contribution < 1.29 is 4.74 Å². The minimum absolute atomic E-state index is 0.0687. The lowest BCUT2D eigenvalue weighted by Crippen LogP contribution is -2.10. The predicted octanol–water partition coefficient (Wildman–Crippen LogP) is 3.68. The van der Waals surface area contributed by atoms with Gasteiger partial charge in [0.1, 0.15) is 11.3 Å². The van der Waals surface area contributed by atoms with Crippen LogP contribution in [0.4, 0.5) is 5.69 Å². The maximum atomic E-state index is 5.56. The van der Waals surface area contributed by atoms with E-state index in [1.807, 2.05) is 45.0 Å². The highest BCUT2D eigenvalue weighted by Crippen LogP contribution is 2.34. The van der Waals surface area contributed by atoms with Gasteiger partial charge in [-0.05, 0) is 50.6 Å². The van der Waals surface area contributed by atoms with E-state index in [2.05, 4.69) is 35.7 Å². The van der Waals surface area contributed by atoms with Crippen LogP contribution in [-0.2, 0) is 0 Å². The lowest BCUT2D eigenvalue weighted by molar-refractivity contribution is 0.418. The molecule has 146 valence electrons. The van der Waals surface area contributed by atoms with Gasteiger partial charge in [-0.3, -0.25) is 0 Å². The summed E-state index contributed by atoms with van der Waals surface area (Å²) in [5.41, 5.74) is 5.04. The summed E-state index contributed by atoms with van der Waals surface area (Å²) in [7, 11) is 1.61. The first-order chi connectivity index (χ1) is 14.0. The number of aryl methyl sites for hydroxylation is 2. The van der Waals surface area contributed by atoms with Crippen molar-refractivity contribution >= 4 is 16.6 Å². The molecule has 0 aliphatic carbocycles. The van der Waals surface area contributed by atoms with Crippen LogP contribution in [-0.4, -0.2) is 37.5 Å². The quantitative estimate of drug-likeness (QED) is 0.554. The molecular weight excluding hydrogens is 366 g/mol. The molecule has 0 fully saturated rings. The Morgan fingerprint density at radius 2 is 1.76 bits per heavy atom. The fourth-order valence-electron chi connectivity index (χ4n) is 3.02. The van der Waals surface area contributed by atoms with E-state index in [4.69, 9.17) is 4.74 Å². The average Bonchev–Trinajstić information content (AvgIpc) is 2.74. The molecule has 0 spiro atoms. The van der Waals surface area contributed by atoms with E-state index in [0.29, 0.717) is 17.1 Å². The Morgan fingerprint density at radius 1 is 0.966 bits per heavy atom. The van der Waals surface area contributed by atoms with Crippen LogP contribution in [0, 0.1) is 13.8 Å². The number of nitrogens with zero attached hydrogens (tertiary/aromatic N) is 6. The molecule has 0 unspecified atom stereocenters. The summed E-state index contributed by atoms with van der Waals surface area (Å²) in [4.78, 5) is 8.87. The fourth-order valence-corrected chi connectivity index (χ4v) is 3.02. The molecule has 1 aromatic carbocycles. The van der Waals surface area contributed by atoms with E-state index in [1.54, 1.807) is 25.7 Å². The fraction of sp³-hybridized carbons (Fsp3) is 0.238. The third kappa shape index (κ3) is 3.82. The number of benzene rings is 1. The van der Waals surface area contributed by atoms with Crippen LogP contribution in [0.2, 0.25) is 0 Å². The van der Waals surface area contributed by atoms with E-state index in [0.717, 1.165) is 33.6 Å². The lowest BCUT2D eigenvalue weighted by Gasteiger charge is -2.16. The Balaban J connectivity index is 1.78. The van der Waals surface area contributed by atoms with Crippen molar-refractivity contribution in [3.63, 3.8) is 0 Å². The number of methoxy groups -OCH3 is 1. The average molecular weight is 387 g/mol. The van der Waals surface area contributed by atoms with Crippen molar-refractivity contribution in [2.75, 3.05) is 12.4 Å². The molecule has 0 amide bonds. The molecule has 0 saturated carbocycles.